The number of hydrogen-bond acceptors (Lipinski definition) is 0. The number of hydrogen-bond donors (Lipinski definition) is 0. The summed E-state index contributed by atoms with van der Waals surface area (Å²) in [6.45, 7) is 0. The van der Waals surface area contributed by atoms with Crippen molar-refractivity contribution in [2.75, 3.05) is 0 Å². The fraction of sp³-hybridized carbons (Fsp3) is 0.667. The van der Waals surface area contributed by atoms with Crippen molar-refractivity contribution < 1.29 is 0 Å². The van der Waals surface area contributed by atoms with Crippen LogP contribution in [0.3, 0.4) is 0 Å². The third kappa shape index (κ3) is 0.573. The summed E-state index contributed by atoms with van der Waals surface area (Å²) in [6.07, 6.45) is 11.5. The summed E-state index contributed by atoms with van der Waals surface area (Å²) in [5, 5.41) is 0. The molecule has 5 unspecified atom stereocenters. The van der Waals surface area contributed by atoms with Crippen LogP contribution in [-0.4, -0.2) is 0 Å². The highest BCUT2D eigenvalue weighted by molar-refractivity contribution is 5.34. The van der Waals surface area contributed by atoms with Crippen LogP contribution in [0, 0.1) is 29.6 Å². The lowest BCUT2D eigenvalue weighted by molar-refractivity contribution is 0.412. The van der Waals surface area contributed by atoms with E-state index in [2.05, 4.69) is 18.2 Å². The van der Waals surface area contributed by atoms with E-state index >= 15 is 0 Å². The van der Waals surface area contributed by atoms with Crippen LogP contribution < -0.4 is 0 Å². The Morgan fingerprint density at radius 1 is 1.00 bits per heavy atom. The lowest BCUT2D eigenvalue weighted by Crippen LogP contribution is -2.16. The molecule has 0 nitrogen and oxygen atoms in total. The molecule has 5 atom stereocenters. The van der Waals surface area contributed by atoms with Crippen LogP contribution in [0.2, 0.25) is 0 Å². The zero-order valence-corrected chi connectivity index (χ0v) is 7.24. The highest BCUT2D eigenvalue weighted by Gasteiger charge is 2.62. The standard InChI is InChI=1S/C12H14/c1-2-4-8-7(3-1)9-5-11(9)12-6-10(8)12/h1-3,8-12H,4-6H2. The maximum absolute atomic E-state index is 2.42. The summed E-state index contributed by atoms with van der Waals surface area (Å²) in [4.78, 5) is 0. The molecule has 4 aliphatic carbocycles. The quantitative estimate of drug-likeness (QED) is 0.508. The molecule has 3 fully saturated rings. The van der Waals surface area contributed by atoms with Gasteiger partial charge in [0, 0.05) is 0 Å². The maximum atomic E-state index is 2.42. The molecule has 4 aliphatic rings. The average molecular weight is 158 g/mol. The fourth-order valence-electron chi connectivity index (χ4n) is 3.75. The van der Waals surface area contributed by atoms with Gasteiger partial charge in [0.05, 0.1) is 0 Å². The van der Waals surface area contributed by atoms with Crippen molar-refractivity contribution in [3.8, 4) is 0 Å². The maximum Gasteiger partial charge on any atom is -0.0131 e. The van der Waals surface area contributed by atoms with E-state index in [1.807, 2.05) is 5.57 Å². The molecular formula is C12H14. The van der Waals surface area contributed by atoms with Gasteiger partial charge in [-0.05, 0) is 48.9 Å². The molecule has 0 amide bonds. The first kappa shape index (κ1) is 6.01. The molecule has 0 bridgehead atoms. The Bertz CT molecular complexity index is 297. The van der Waals surface area contributed by atoms with E-state index in [9.17, 15) is 0 Å². The van der Waals surface area contributed by atoms with Gasteiger partial charge in [-0.25, -0.2) is 0 Å². The fourth-order valence-corrected chi connectivity index (χ4v) is 3.75. The molecule has 0 radical (unpaired) electrons. The molecule has 0 aliphatic heterocycles. The summed E-state index contributed by atoms with van der Waals surface area (Å²) < 4.78 is 0. The monoisotopic (exact) mass is 158 g/mol. The molecule has 4 rings (SSSR count). The number of fused-ring (bicyclic) bond motifs is 6. The Labute approximate surface area is 73.4 Å². The van der Waals surface area contributed by atoms with E-state index < -0.39 is 0 Å². The van der Waals surface area contributed by atoms with Gasteiger partial charge in [0.1, 0.15) is 0 Å². The van der Waals surface area contributed by atoms with Crippen LogP contribution in [0.1, 0.15) is 19.3 Å². The zero-order valence-electron chi connectivity index (χ0n) is 7.24. The molecule has 0 N–H and O–H groups in total. The molecule has 0 heteroatoms. The second-order valence-electron chi connectivity index (χ2n) is 5.01. The Morgan fingerprint density at radius 3 is 2.92 bits per heavy atom. The SMILES string of the molecule is C1=CCC2C(=C1)C1CC1C1CC21. The summed E-state index contributed by atoms with van der Waals surface area (Å²) in [6, 6.07) is 0. The Kier molecular flexibility index (Phi) is 0.856. The minimum atomic E-state index is 0.990. The normalized spacial score (nSPS) is 58.0. The van der Waals surface area contributed by atoms with Crippen LogP contribution in [-0.2, 0) is 0 Å². The second-order valence-corrected chi connectivity index (χ2v) is 5.01. The Morgan fingerprint density at radius 2 is 1.92 bits per heavy atom. The highest BCUT2D eigenvalue weighted by Crippen LogP contribution is 2.70. The van der Waals surface area contributed by atoms with Crippen LogP contribution in [0.25, 0.3) is 0 Å². The Balaban J connectivity index is 1.81. The minimum absolute atomic E-state index is 0.990. The van der Waals surface area contributed by atoms with E-state index in [1.165, 1.54) is 18.8 Å². The van der Waals surface area contributed by atoms with Crippen molar-refractivity contribution in [1.82, 2.24) is 0 Å². The van der Waals surface area contributed by atoms with Gasteiger partial charge in [0.15, 0.2) is 0 Å². The first-order chi connectivity index (χ1) is 5.95. The third-order valence-electron chi connectivity index (χ3n) is 4.47. The molecule has 12 heavy (non-hydrogen) atoms. The lowest BCUT2D eigenvalue weighted by atomic mass is 9.79. The molecule has 0 aromatic carbocycles. The molecule has 62 valence electrons. The van der Waals surface area contributed by atoms with Crippen molar-refractivity contribution in [3.63, 3.8) is 0 Å². The summed E-state index contributed by atoms with van der Waals surface area (Å²) in [5.41, 5.74) is 1.83. The molecule has 0 saturated heterocycles. The molecule has 3 saturated carbocycles. The van der Waals surface area contributed by atoms with Gasteiger partial charge < -0.3 is 0 Å². The topological polar surface area (TPSA) is 0 Å². The molecule has 0 aromatic heterocycles. The smallest absolute Gasteiger partial charge is 0.0131 e. The third-order valence-corrected chi connectivity index (χ3v) is 4.47. The predicted octanol–water partition coefficient (Wildman–Crippen LogP) is 2.77. The predicted molar refractivity (Wildman–Crippen MR) is 48.5 cm³/mol. The molecule has 0 spiro atoms. The van der Waals surface area contributed by atoms with Gasteiger partial charge in [0.25, 0.3) is 0 Å². The van der Waals surface area contributed by atoms with Gasteiger partial charge in [-0.2, -0.15) is 0 Å². The summed E-state index contributed by atoms with van der Waals surface area (Å²) >= 11 is 0. The number of allylic oxidation sites excluding steroid dienone is 4. The van der Waals surface area contributed by atoms with Crippen LogP contribution in [0.15, 0.2) is 23.8 Å². The average Bonchev–Trinajstić information content (AvgIpc) is 2.98. The van der Waals surface area contributed by atoms with Crippen LogP contribution >= 0.6 is 0 Å². The van der Waals surface area contributed by atoms with Gasteiger partial charge in [0.2, 0.25) is 0 Å². The van der Waals surface area contributed by atoms with E-state index in [1.54, 1.807) is 6.42 Å². The van der Waals surface area contributed by atoms with Gasteiger partial charge in [-0.1, -0.05) is 23.8 Å². The first-order valence-corrected chi connectivity index (χ1v) is 5.32. The zero-order chi connectivity index (χ0) is 7.71. The van der Waals surface area contributed by atoms with Crippen molar-refractivity contribution in [2.24, 2.45) is 29.6 Å². The summed E-state index contributed by atoms with van der Waals surface area (Å²) in [7, 11) is 0. The highest BCUT2D eigenvalue weighted by atomic mass is 14.7. The van der Waals surface area contributed by atoms with E-state index in [0.717, 1.165) is 23.7 Å². The second kappa shape index (κ2) is 1.71. The molecule has 0 heterocycles. The van der Waals surface area contributed by atoms with Gasteiger partial charge >= 0.3 is 0 Å². The van der Waals surface area contributed by atoms with Gasteiger partial charge in [-0.3, -0.25) is 0 Å². The minimum Gasteiger partial charge on any atom is -0.0839 e. The van der Waals surface area contributed by atoms with Crippen molar-refractivity contribution >= 4 is 0 Å². The van der Waals surface area contributed by atoms with Crippen molar-refractivity contribution in [3.05, 3.63) is 23.8 Å². The van der Waals surface area contributed by atoms with Gasteiger partial charge in [-0.15, -0.1) is 0 Å². The van der Waals surface area contributed by atoms with E-state index in [0.29, 0.717) is 0 Å². The summed E-state index contributed by atoms with van der Waals surface area (Å²) in [5.74, 6) is 5.46. The van der Waals surface area contributed by atoms with Crippen molar-refractivity contribution in [2.45, 2.75) is 19.3 Å². The van der Waals surface area contributed by atoms with Crippen LogP contribution in [0.4, 0.5) is 0 Å². The molecule has 0 aromatic rings. The number of rotatable bonds is 0. The van der Waals surface area contributed by atoms with Crippen molar-refractivity contribution in [1.29, 1.82) is 0 Å². The van der Waals surface area contributed by atoms with Crippen LogP contribution in [0.5, 0.6) is 0 Å². The first-order valence-electron chi connectivity index (χ1n) is 5.32. The largest absolute Gasteiger partial charge is 0.0839 e. The van der Waals surface area contributed by atoms with E-state index in [-0.39, 0.29) is 0 Å². The lowest BCUT2D eigenvalue weighted by Gasteiger charge is -2.25. The molecular weight excluding hydrogens is 144 g/mol. The Hall–Kier alpha value is -0.520. The van der Waals surface area contributed by atoms with E-state index in [4.69, 9.17) is 0 Å².